The zero-order valence-electron chi connectivity index (χ0n) is 11.3. The van der Waals surface area contributed by atoms with Gasteiger partial charge in [0.2, 0.25) is 0 Å². The summed E-state index contributed by atoms with van der Waals surface area (Å²) in [6.07, 6.45) is 8.41. The molecular formula is C15H27NO. The second-order valence-electron chi connectivity index (χ2n) is 6.16. The molecule has 2 aliphatic carbocycles. The molecule has 0 aliphatic heterocycles. The second kappa shape index (κ2) is 5.53. The van der Waals surface area contributed by atoms with Gasteiger partial charge in [-0.25, -0.2) is 0 Å². The van der Waals surface area contributed by atoms with Crippen LogP contribution in [0.2, 0.25) is 0 Å². The van der Waals surface area contributed by atoms with E-state index in [1.165, 1.54) is 37.7 Å². The van der Waals surface area contributed by atoms with E-state index in [0.717, 1.165) is 18.8 Å². The van der Waals surface area contributed by atoms with Gasteiger partial charge in [-0.05, 0) is 51.4 Å². The number of aliphatic hydroxyl groups is 1. The van der Waals surface area contributed by atoms with Crippen molar-refractivity contribution in [2.24, 2.45) is 23.5 Å². The highest BCUT2D eigenvalue weighted by atomic mass is 16.3. The van der Waals surface area contributed by atoms with Crippen molar-refractivity contribution in [2.75, 3.05) is 0 Å². The lowest BCUT2D eigenvalue weighted by molar-refractivity contribution is 0.0835. The quantitative estimate of drug-likeness (QED) is 0.572. The van der Waals surface area contributed by atoms with Gasteiger partial charge in [-0.3, -0.25) is 0 Å². The van der Waals surface area contributed by atoms with E-state index in [2.05, 4.69) is 13.8 Å². The first-order valence-electron chi connectivity index (χ1n) is 7.19. The Morgan fingerprint density at radius 1 is 1.18 bits per heavy atom. The molecule has 17 heavy (non-hydrogen) atoms. The first-order valence-corrected chi connectivity index (χ1v) is 7.19. The molecule has 2 nitrogen and oxygen atoms in total. The Hall–Kier alpha value is -0.340. The molecule has 1 saturated carbocycles. The van der Waals surface area contributed by atoms with Crippen LogP contribution in [0.4, 0.5) is 0 Å². The Morgan fingerprint density at radius 3 is 2.41 bits per heavy atom. The highest BCUT2D eigenvalue weighted by Gasteiger charge is 2.33. The molecule has 0 aromatic rings. The summed E-state index contributed by atoms with van der Waals surface area (Å²) in [5, 5.41) is 9.65. The molecule has 0 amide bonds. The fraction of sp³-hybridized carbons (Fsp3) is 0.867. The summed E-state index contributed by atoms with van der Waals surface area (Å²) in [6.45, 7) is 4.52. The molecule has 3 N–H and O–H groups in total. The maximum Gasteiger partial charge on any atom is 0.105 e. The monoisotopic (exact) mass is 237 g/mol. The molecular weight excluding hydrogens is 210 g/mol. The lowest BCUT2D eigenvalue weighted by Crippen LogP contribution is -2.36. The fourth-order valence-electron chi connectivity index (χ4n) is 3.80. The number of rotatable bonds is 2. The highest BCUT2D eigenvalue weighted by Crippen LogP contribution is 2.43. The summed E-state index contributed by atoms with van der Waals surface area (Å²) in [4.78, 5) is 0. The van der Waals surface area contributed by atoms with Crippen molar-refractivity contribution < 1.29 is 5.11 Å². The molecule has 0 spiro atoms. The highest BCUT2D eigenvalue weighted by molar-refractivity contribution is 5.18. The van der Waals surface area contributed by atoms with Crippen LogP contribution in [0.15, 0.2) is 11.1 Å². The molecule has 2 heteroatoms. The summed E-state index contributed by atoms with van der Waals surface area (Å²) < 4.78 is 0. The molecule has 98 valence electrons. The van der Waals surface area contributed by atoms with Gasteiger partial charge in [0.15, 0.2) is 0 Å². The number of nitrogens with two attached hydrogens (primary N) is 1. The van der Waals surface area contributed by atoms with Gasteiger partial charge in [-0.2, -0.15) is 0 Å². The molecule has 1 fully saturated rings. The van der Waals surface area contributed by atoms with Crippen molar-refractivity contribution in [1.29, 1.82) is 0 Å². The van der Waals surface area contributed by atoms with Crippen LogP contribution in [0.25, 0.3) is 0 Å². The van der Waals surface area contributed by atoms with E-state index < -0.39 is 6.23 Å². The minimum atomic E-state index is -0.635. The Balaban J connectivity index is 2.11. The average molecular weight is 237 g/mol. The van der Waals surface area contributed by atoms with Crippen LogP contribution < -0.4 is 5.73 Å². The van der Waals surface area contributed by atoms with Crippen LogP contribution in [0.5, 0.6) is 0 Å². The smallest absolute Gasteiger partial charge is 0.105 e. The van der Waals surface area contributed by atoms with Crippen LogP contribution in [0.3, 0.4) is 0 Å². The fourth-order valence-corrected chi connectivity index (χ4v) is 3.80. The van der Waals surface area contributed by atoms with Crippen LogP contribution >= 0.6 is 0 Å². The Bertz CT molecular complexity index is 289. The van der Waals surface area contributed by atoms with Crippen LogP contribution in [-0.4, -0.2) is 11.3 Å². The summed E-state index contributed by atoms with van der Waals surface area (Å²) >= 11 is 0. The molecule has 3 atom stereocenters. The molecule has 2 rings (SSSR count). The number of hydrogen-bond acceptors (Lipinski definition) is 2. The predicted molar refractivity (Wildman–Crippen MR) is 71.4 cm³/mol. The van der Waals surface area contributed by atoms with Crippen molar-refractivity contribution in [2.45, 2.75) is 65.0 Å². The minimum Gasteiger partial charge on any atom is -0.379 e. The van der Waals surface area contributed by atoms with Crippen LogP contribution in [0, 0.1) is 17.8 Å². The third-order valence-electron chi connectivity index (χ3n) is 5.06. The molecule has 0 aromatic carbocycles. The number of hydrogen-bond donors (Lipinski definition) is 2. The summed E-state index contributed by atoms with van der Waals surface area (Å²) in [5.41, 5.74) is 8.76. The van der Waals surface area contributed by atoms with Crippen molar-refractivity contribution in [3.05, 3.63) is 11.1 Å². The second-order valence-corrected chi connectivity index (χ2v) is 6.16. The lowest BCUT2D eigenvalue weighted by Gasteiger charge is -2.39. The Morgan fingerprint density at radius 2 is 1.82 bits per heavy atom. The van der Waals surface area contributed by atoms with E-state index in [1.54, 1.807) is 5.57 Å². The molecule has 2 unspecified atom stereocenters. The van der Waals surface area contributed by atoms with Gasteiger partial charge in [-0.1, -0.05) is 30.4 Å². The normalized spacial score (nSPS) is 33.9. The van der Waals surface area contributed by atoms with Crippen molar-refractivity contribution in [1.82, 2.24) is 0 Å². The van der Waals surface area contributed by atoms with Crippen molar-refractivity contribution in [3.63, 3.8) is 0 Å². The third kappa shape index (κ3) is 2.92. The SMILES string of the molecule is CC1=C(C)[C@@H](C2CCCCC2)CC(C(N)O)C1. The largest absolute Gasteiger partial charge is 0.379 e. The summed E-state index contributed by atoms with van der Waals surface area (Å²) in [7, 11) is 0. The zero-order valence-corrected chi connectivity index (χ0v) is 11.3. The Labute approximate surface area is 105 Å². The Kier molecular flexibility index (Phi) is 4.26. The standard InChI is InChI=1S/C15H27NO/c1-10-8-13(15(16)17)9-14(11(10)2)12-6-4-3-5-7-12/h12-15,17H,3-9,16H2,1-2H3/t13?,14-,15?/m0/s1. The number of allylic oxidation sites excluding steroid dienone is 2. The third-order valence-corrected chi connectivity index (χ3v) is 5.06. The van der Waals surface area contributed by atoms with Crippen LogP contribution in [-0.2, 0) is 0 Å². The van der Waals surface area contributed by atoms with E-state index in [0.29, 0.717) is 5.92 Å². The maximum atomic E-state index is 9.65. The lowest BCUT2D eigenvalue weighted by atomic mass is 9.68. The molecule has 0 saturated heterocycles. The molecule has 0 radical (unpaired) electrons. The molecule has 2 aliphatic rings. The molecule has 0 aromatic heterocycles. The van der Waals surface area contributed by atoms with Gasteiger partial charge < -0.3 is 10.8 Å². The van der Waals surface area contributed by atoms with E-state index in [1.807, 2.05) is 0 Å². The topological polar surface area (TPSA) is 46.2 Å². The van der Waals surface area contributed by atoms with E-state index in [-0.39, 0.29) is 5.92 Å². The molecule has 0 heterocycles. The summed E-state index contributed by atoms with van der Waals surface area (Å²) in [6, 6.07) is 0. The van der Waals surface area contributed by atoms with Gasteiger partial charge >= 0.3 is 0 Å². The zero-order chi connectivity index (χ0) is 12.4. The van der Waals surface area contributed by atoms with Gasteiger partial charge in [0.1, 0.15) is 6.23 Å². The van der Waals surface area contributed by atoms with Gasteiger partial charge in [0, 0.05) is 5.92 Å². The van der Waals surface area contributed by atoms with E-state index in [4.69, 9.17) is 5.73 Å². The maximum absolute atomic E-state index is 9.65. The number of aliphatic hydroxyl groups excluding tert-OH is 1. The van der Waals surface area contributed by atoms with Gasteiger partial charge in [0.25, 0.3) is 0 Å². The van der Waals surface area contributed by atoms with Crippen molar-refractivity contribution in [3.8, 4) is 0 Å². The van der Waals surface area contributed by atoms with Crippen LogP contribution in [0.1, 0.15) is 58.8 Å². The summed E-state index contributed by atoms with van der Waals surface area (Å²) in [5.74, 6) is 1.82. The average Bonchev–Trinajstić information content (AvgIpc) is 2.33. The van der Waals surface area contributed by atoms with E-state index >= 15 is 0 Å². The van der Waals surface area contributed by atoms with Crippen molar-refractivity contribution >= 4 is 0 Å². The molecule has 0 bridgehead atoms. The van der Waals surface area contributed by atoms with Gasteiger partial charge in [0.05, 0.1) is 0 Å². The first kappa shape index (κ1) is 13.1. The van der Waals surface area contributed by atoms with E-state index in [9.17, 15) is 5.11 Å². The minimum absolute atomic E-state index is 0.283. The first-order chi connectivity index (χ1) is 8.09. The van der Waals surface area contributed by atoms with Gasteiger partial charge in [-0.15, -0.1) is 0 Å². The predicted octanol–water partition coefficient (Wildman–Crippen LogP) is 3.21.